The number of urea groups is 2. The van der Waals surface area contributed by atoms with Crippen LogP contribution in [0.4, 0.5) is 38.0 Å². The van der Waals surface area contributed by atoms with Gasteiger partial charge >= 0.3 is 24.0 Å². The molecule has 5 aromatic carbocycles. The molecule has 0 saturated heterocycles. The molecule has 0 spiro atoms. The molecule has 0 atom stereocenters. The average Bonchev–Trinajstić information content (AvgIpc) is 3.57. The van der Waals surface area contributed by atoms with Gasteiger partial charge in [-0.15, -0.1) is 0 Å². The molecule has 0 radical (unpaired) electrons. The standard InChI is InChI=1S/C62H72N8O11/c1-41-13-27-51(37-55(41)69(77)78)65-61(75)67(53-29-23-47(24-30-53)45-9-5-3-6-10-45)39-43-15-19-49(20-16-43)59(73)63-35-33-57(71)81-58(72)34-36-64-60(74)50-21-17-44(18-22-50)40-68(54-31-25-48(26-32-54)46-11-7-4-8-12-46)62(76)66-52-28-14-42(2)56(38-52)70(79)80/h13-24,27-30,37-38,45-46,48,54H,3-12,25-26,31-36,39-40H2,1-2H3,(H,63,73)(H,64,74)(H,65,75)(H,66,76). The summed E-state index contributed by atoms with van der Waals surface area (Å²) in [6, 6.07) is 29.5. The van der Waals surface area contributed by atoms with Crippen LogP contribution in [0.1, 0.15) is 157 Å². The third-order valence-corrected chi connectivity index (χ3v) is 16.2. The summed E-state index contributed by atoms with van der Waals surface area (Å²) < 4.78 is 4.93. The van der Waals surface area contributed by atoms with Gasteiger partial charge in [0.05, 0.1) is 29.2 Å². The fourth-order valence-electron chi connectivity index (χ4n) is 11.5. The van der Waals surface area contributed by atoms with Crippen molar-refractivity contribution in [1.29, 1.82) is 0 Å². The number of benzene rings is 5. The van der Waals surface area contributed by atoms with Crippen molar-refractivity contribution in [3.63, 3.8) is 0 Å². The summed E-state index contributed by atoms with van der Waals surface area (Å²) in [7, 11) is 0. The van der Waals surface area contributed by atoms with Crippen molar-refractivity contribution in [2.75, 3.05) is 28.6 Å². The molecule has 5 aromatic rings. The SMILES string of the molecule is Cc1ccc(NC(=O)N(Cc2ccc(C(=O)NCCC(=O)OC(=O)CCNC(=O)c3ccc(CN(C(=O)Nc4ccc(C)c([N+](=O)[O-])c4)C4CCC(C5CCCCC5)CC4)cc3)cc2)c2ccc(C3CCCCC3)cc2)cc1[N+](=O)[O-]. The number of ether oxygens (including phenoxy) is 1. The van der Waals surface area contributed by atoms with Gasteiger partial charge in [0.2, 0.25) is 0 Å². The Hall–Kier alpha value is -8.48. The van der Waals surface area contributed by atoms with Gasteiger partial charge in [0.25, 0.3) is 23.2 Å². The molecule has 3 saturated carbocycles. The molecule has 0 bridgehead atoms. The van der Waals surface area contributed by atoms with Gasteiger partial charge in [-0.3, -0.25) is 44.3 Å². The number of esters is 2. The lowest BCUT2D eigenvalue weighted by atomic mass is 9.72. The van der Waals surface area contributed by atoms with Crippen LogP contribution in [0.15, 0.2) is 109 Å². The number of nitrogens with zero attached hydrogens (tertiary/aromatic N) is 4. The summed E-state index contributed by atoms with van der Waals surface area (Å²) >= 11 is 0. The summed E-state index contributed by atoms with van der Waals surface area (Å²) in [5.74, 6) is -0.807. The van der Waals surface area contributed by atoms with Crippen LogP contribution in [0.2, 0.25) is 0 Å². The highest BCUT2D eigenvalue weighted by atomic mass is 16.6. The van der Waals surface area contributed by atoms with E-state index >= 15 is 0 Å². The lowest BCUT2D eigenvalue weighted by molar-refractivity contribution is -0.385. The van der Waals surface area contributed by atoms with Crippen LogP contribution in [0.25, 0.3) is 0 Å². The summed E-state index contributed by atoms with van der Waals surface area (Å²) in [5.41, 5.74) is 5.28. The van der Waals surface area contributed by atoms with Crippen LogP contribution in [-0.2, 0) is 27.4 Å². The largest absolute Gasteiger partial charge is 0.393 e. The molecular formula is C62H72N8O11. The van der Waals surface area contributed by atoms with Gasteiger partial charge in [-0.1, -0.05) is 99.9 Å². The number of rotatable bonds is 20. The molecule has 19 heteroatoms. The predicted octanol–water partition coefficient (Wildman–Crippen LogP) is 12.6. The van der Waals surface area contributed by atoms with Crippen LogP contribution in [0, 0.1) is 45.9 Å². The Labute approximate surface area is 471 Å². The second-order valence-corrected chi connectivity index (χ2v) is 21.7. The van der Waals surface area contributed by atoms with Gasteiger partial charge in [0.15, 0.2) is 0 Å². The lowest BCUT2D eigenvalue weighted by Gasteiger charge is -2.40. The second kappa shape index (κ2) is 28.1. The molecule has 426 valence electrons. The number of nitrogens with one attached hydrogen (secondary N) is 4. The van der Waals surface area contributed by atoms with Gasteiger partial charge in [-0.05, 0) is 135 Å². The van der Waals surface area contributed by atoms with E-state index < -0.39 is 39.6 Å². The number of hydrogen-bond donors (Lipinski definition) is 4. The molecule has 0 heterocycles. The number of amides is 6. The van der Waals surface area contributed by atoms with E-state index in [2.05, 4.69) is 21.3 Å². The topological polar surface area (TPSA) is 253 Å². The first-order chi connectivity index (χ1) is 39.1. The number of nitro benzene ring substituents is 2. The Bertz CT molecular complexity index is 3060. The van der Waals surface area contributed by atoms with Crippen molar-refractivity contribution < 1.29 is 43.4 Å². The van der Waals surface area contributed by atoms with E-state index in [9.17, 15) is 49.0 Å². The minimum absolute atomic E-state index is 0.0406. The van der Waals surface area contributed by atoms with E-state index in [4.69, 9.17) is 4.74 Å². The molecule has 4 N–H and O–H groups in total. The van der Waals surface area contributed by atoms with Crippen LogP contribution in [0.5, 0.6) is 0 Å². The Balaban J connectivity index is 0.782. The molecule has 3 aliphatic carbocycles. The fourth-order valence-corrected chi connectivity index (χ4v) is 11.5. The molecule has 8 rings (SSSR count). The minimum atomic E-state index is -0.858. The molecule has 0 unspecified atom stereocenters. The highest BCUT2D eigenvalue weighted by molar-refractivity contribution is 6.02. The summed E-state index contributed by atoms with van der Waals surface area (Å²) in [6.45, 7) is 3.41. The number of carbonyl (C=O) groups excluding carboxylic acids is 6. The number of hydrogen-bond acceptors (Lipinski definition) is 11. The van der Waals surface area contributed by atoms with Crippen LogP contribution in [-0.4, -0.2) is 69.7 Å². The quantitative estimate of drug-likeness (QED) is 0.0247. The van der Waals surface area contributed by atoms with E-state index in [1.807, 2.05) is 24.3 Å². The molecule has 19 nitrogen and oxygen atoms in total. The van der Waals surface area contributed by atoms with Crippen molar-refractivity contribution in [1.82, 2.24) is 15.5 Å². The molecule has 6 amide bonds. The van der Waals surface area contributed by atoms with E-state index in [1.54, 1.807) is 91.5 Å². The maximum atomic E-state index is 14.0. The van der Waals surface area contributed by atoms with Gasteiger partial charge in [-0.2, -0.15) is 0 Å². The highest BCUT2D eigenvalue weighted by Gasteiger charge is 2.33. The third kappa shape index (κ3) is 16.3. The van der Waals surface area contributed by atoms with Crippen LogP contribution in [0.3, 0.4) is 0 Å². The smallest absolute Gasteiger partial charge is 0.326 e. The first kappa shape index (κ1) is 58.7. The zero-order valence-electron chi connectivity index (χ0n) is 46.1. The monoisotopic (exact) mass is 1100 g/mol. The maximum Gasteiger partial charge on any atom is 0.326 e. The van der Waals surface area contributed by atoms with Gasteiger partial charge in [0, 0.05) is 77.1 Å². The second-order valence-electron chi connectivity index (χ2n) is 21.7. The van der Waals surface area contributed by atoms with Crippen molar-refractivity contribution in [2.45, 2.75) is 142 Å². The molecule has 0 aliphatic heterocycles. The maximum absolute atomic E-state index is 14.0. The molecule has 3 aliphatic rings. The van der Waals surface area contributed by atoms with Crippen molar-refractivity contribution >= 4 is 64.3 Å². The number of aryl methyl sites for hydroxylation is 2. The van der Waals surface area contributed by atoms with Crippen molar-refractivity contribution in [3.05, 3.63) is 168 Å². The summed E-state index contributed by atoms with van der Waals surface area (Å²) in [5, 5.41) is 34.3. The lowest BCUT2D eigenvalue weighted by Crippen LogP contribution is -2.44. The van der Waals surface area contributed by atoms with Gasteiger partial charge in [0.1, 0.15) is 0 Å². The first-order valence-electron chi connectivity index (χ1n) is 28.3. The number of anilines is 3. The Morgan fingerprint density at radius 3 is 1.48 bits per heavy atom. The zero-order valence-corrected chi connectivity index (χ0v) is 46.1. The number of nitro groups is 2. The van der Waals surface area contributed by atoms with Crippen molar-refractivity contribution in [2.24, 2.45) is 11.8 Å². The Morgan fingerprint density at radius 1 is 0.531 bits per heavy atom. The average molecular weight is 1110 g/mol. The molecule has 3 fully saturated rings. The number of carbonyl (C=O) groups is 6. The van der Waals surface area contributed by atoms with Crippen molar-refractivity contribution in [3.8, 4) is 0 Å². The van der Waals surface area contributed by atoms with E-state index in [-0.39, 0.29) is 73.7 Å². The predicted molar refractivity (Wildman–Crippen MR) is 308 cm³/mol. The van der Waals surface area contributed by atoms with E-state index in [0.717, 1.165) is 50.0 Å². The summed E-state index contributed by atoms with van der Waals surface area (Å²) in [4.78, 5) is 105. The zero-order chi connectivity index (χ0) is 57.4. The molecule has 81 heavy (non-hydrogen) atoms. The normalized spacial score (nSPS) is 16.5. The highest BCUT2D eigenvalue weighted by Crippen LogP contribution is 2.40. The molecule has 0 aromatic heterocycles. The molecular weight excluding hydrogens is 1030 g/mol. The van der Waals surface area contributed by atoms with Gasteiger partial charge < -0.3 is 30.9 Å². The third-order valence-electron chi connectivity index (χ3n) is 16.2. The summed E-state index contributed by atoms with van der Waals surface area (Å²) in [6.07, 6.45) is 15.4. The fraction of sp³-hybridized carbons (Fsp3) is 0.419. The minimum Gasteiger partial charge on any atom is -0.393 e. The Morgan fingerprint density at radius 2 is 0.988 bits per heavy atom. The van der Waals surface area contributed by atoms with Crippen LogP contribution >= 0.6 is 0 Å². The first-order valence-corrected chi connectivity index (χ1v) is 28.3. The van der Waals surface area contributed by atoms with Crippen LogP contribution < -0.4 is 26.2 Å². The van der Waals surface area contributed by atoms with Gasteiger partial charge in [-0.25, -0.2) is 9.59 Å². The van der Waals surface area contributed by atoms with E-state index in [0.29, 0.717) is 45.5 Å². The Kier molecular flexibility index (Phi) is 20.3. The van der Waals surface area contributed by atoms with E-state index in [1.165, 1.54) is 74.0 Å².